The van der Waals surface area contributed by atoms with E-state index in [1.165, 1.54) is 11.8 Å². The summed E-state index contributed by atoms with van der Waals surface area (Å²) in [6.07, 6.45) is 3.34. The number of aromatic nitrogens is 5. The summed E-state index contributed by atoms with van der Waals surface area (Å²) < 4.78 is 0. The number of aromatic amines is 1. The van der Waals surface area contributed by atoms with Crippen molar-refractivity contribution in [3.63, 3.8) is 0 Å². The van der Waals surface area contributed by atoms with Gasteiger partial charge in [0, 0.05) is 12.4 Å². The quantitative estimate of drug-likeness (QED) is 0.796. The van der Waals surface area contributed by atoms with Gasteiger partial charge in [-0.05, 0) is 23.4 Å². The maximum absolute atomic E-state index is 5.60. The summed E-state index contributed by atoms with van der Waals surface area (Å²) in [4.78, 5) is 18.3. The third-order valence-electron chi connectivity index (χ3n) is 1.27. The number of halogens is 1. The van der Waals surface area contributed by atoms with E-state index in [4.69, 9.17) is 17.3 Å². The van der Waals surface area contributed by atoms with Crippen molar-refractivity contribution in [3.05, 3.63) is 17.7 Å². The Morgan fingerprint density at radius 2 is 2.21 bits per heavy atom. The molecule has 0 radical (unpaired) electrons. The van der Waals surface area contributed by atoms with Gasteiger partial charge in [-0.1, -0.05) is 0 Å². The SMILES string of the molecule is Nc1nc(Cl)nc(Sc2ncc[nH]2)n1. The molecule has 2 aromatic heterocycles. The number of nitrogens with zero attached hydrogens (tertiary/aromatic N) is 4. The molecule has 8 heteroatoms. The van der Waals surface area contributed by atoms with E-state index < -0.39 is 0 Å². The van der Waals surface area contributed by atoms with Crippen LogP contribution < -0.4 is 5.73 Å². The number of imidazole rings is 1. The molecular formula is C6H5ClN6S. The van der Waals surface area contributed by atoms with Crippen LogP contribution in [0.2, 0.25) is 5.28 Å². The second kappa shape index (κ2) is 3.81. The molecule has 2 rings (SSSR count). The fraction of sp³-hybridized carbons (Fsp3) is 0. The monoisotopic (exact) mass is 228 g/mol. The largest absolute Gasteiger partial charge is 0.368 e. The zero-order valence-electron chi connectivity index (χ0n) is 6.81. The molecule has 0 bridgehead atoms. The van der Waals surface area contributed by atoms with Crippen LogP contribution in [0.4, 0.5) is 5.95 Å². The van der Waals surface area contributed by atoms with Gasteiger partial charge in [-0.3, -0.25) is 0 Å². The molecule has 0 spiro atoms. The summed E-state index contributed by atoms with van der Waals surface area (Å²) >= 11 is 6.83. The van der Waals surface area contributed by atoms with E-state index in [1.54, 1.807) is 12.4 Å². The Morgan fingerprint density at radius 1 is 1.36 bits per heavy atom. The average Bonchev–Trinajstić information content (AvgIpc) is 2.54. The maximum Gasteiger partial charge on any atom is 0.228 e. The molecule has 0 atom stereocenters. The molecule has 3 N–H and O–H groups in total. The predicted octanol–water partition coefficient (Wildman–Crippen LogP) is 0.981. The number of rotatable bonds is 2. The van der Waals surface area contributed by atoms with E-state index >= 15 is 0 Å². The second-order valence-electron chi connectivity index (χ2n) is 2.24. The van der Waals surface area contributed by atoms with Crippen molar-refractivity contribution in [2.75, 3.05) is 5.73 Å². The molecule has 2 aromatic rings. The molecule has 0 unspecified atom stereocenters. The molecule has 72 valence electrons. The van der Waals surface area contributed by atoms with Crippen molar-refractivity contribution in [1.29, 1.82) is 0 Å². The van der Waals surface area contributed by atoms with E-state index in [0.717, 1.165) is 0 Å². The summed E-state index contributed by atoms with van der Waals surface area (Å²) in [6.45, 7) is 0. The number of nitrogen functional groups attached to an aromatic ring is 1. The molecule has 0 aliphatic rings. The standard InChI is InChI=1S/C6H5ClN6S/c7-3-11-4(8)13-6(12-3)14-5-9-1-2-10-5/h1-2H,(H,9,10)(H2,8,11,12,13). The highest BCUT2D eigenvalue weighted by atomic mass is 35.5. The van der Waals surface area contributed by atoms with Gasteiger partial charge in [0.15, 0.2) is 5.16 Å². The van der Waals surface area contributed by atoms with Gasteiger partial charge in [0.1, 0.15) is 0 Å². The van der Waals surface area contributed by atoms with Gasteiger partial charge in [0.25, 0.3) is 0 Å². The Kier molecular flexibility index (Phi) is 2.51. The highest BCUT2D eigenvalue weighted by molar-refractivity contribution is 7.99. The molecule has 0 aliphatic carbocycles. The second-order valence-corrected chi connectivity index (χ2v) is 3.54. The van der Waals surface area contributed by atoms with Crippen LogP contribution in [0.15, 0.2) is 22.7 Å². The third-order valence-corrected chi connectivity index (χ3v) is 2.22. The van der Waals surface area contributed by atoms with Crippen LogP contribution in [-0.4, -0.2) is 24.9 Å². The van der Waals surface area contributed by atoms with Gasteiger partial charge in [0.05, 0.1) is 0 Å². The Morgan fingerprint density at radius 3 is 2.86 bits per heavy atom. The van der Waals surface area contributed by atoms with Crippen molar-refractivity contribution in [1.82, 2.24) is 24.9 Å². The lowest BCUT2D eigenvalue weighted by molar-refractivity contribution is 0.908. The van der Waals surface area contributed by atoms with Crippen molar-refractivity contribution in [2.24, 2.45) is 0 Å². The highest BCUT2D eigenvalue weighted by Crippen LogP contribution is 2.21. The summed E-state index contributed by atoms with van der Waals surface area (Å²) in [5.41, 5.74) is 5.40. The maximum atomic E-state index is 5.60. The van der Waals surface area contributed by atoms with Crippen molar-refractivity contribution in [2.45, 2.75) is 10.3 Å². The van der Waals surface area contributed by atoms with Crippen LogP contribution in [0.1, 0.15) is 0 Å². The smallest absolute Gasteiger partial charge is 0.228 e. The molecule has 0 amide bonds. The van der Waals surface area contributed by atoms with Crippen molar-refractivity contribution < 1.29 is 0 Å². The van der Waals surface area contributed by atoms with Gasteiger partial charge in [-0.2, -0.15) is 15.0 Å². The highest BCUT2D eigenvalue weighted by Gasteiger charge is 2.05. The summed E-state index contributed by atoms with van der Waals surface area (Å²) in [5, 5.41) is 1.16. The van der Waals surface area contributed by atoms with Gasteiger partial charge >= 0.3 is 0 Å². The normalized spacial score (nSPS) is 10.4. The van der Waals surface area contributed by atoms with Crippen molar-refractivity contribution >= 4 is 29.3 Å². The van der Waals surface area contributed by atoms with Crippen LogP contribution in [0.3, 0.4) is 0 Å². The van der Waals surface area contributed by atoms with Crippen LogP contribution in [0.5, 0.6) is 0 Å². The summed E-state index contributed by atoms with van der Waals surface area (Å²) in [6, 6.07) is 0. The number of H-pyrrole nitrogens is 1. The topological polar surface area (TPSA) is 93.4 Å². The first-order valence-electron chi connectivity index (χ1n) is 3.58. The van der Waals surface area contributed by atoms with Gasteiger partial charge < -0.3 is 10.7 Å². The fourth-order valence-corrected chi connectivity index (χ4v) is 1.69. The first-order chi connectivity index (χ1) is 6.74. The molecular weight excluding hydrogens is 224 g/mol. The molecule has 14 heavy (non-hydrogen) atoms. The molecule has 0 aliphatic heterocycles. The molecule has 2 heterocycles. The molecule has 0 saturated carbocycles. The fourth-order valence-electron chi connectivity index (χ4n) is 0.785. The zero-order chi connectivity index (χ0) is 9.97. The molecule has 0 fully saturated rings. The average molecular weight is 229 g/mol. The van der Waals surface area contributed by atoms with Crippen LogP contribution in [-0.2, 0) is 0 Å². The first kappa shape index (κ1) is 9.22. The lowest BCUT2D eigenvalue weighted by atomic mass is 11.0. The Hall–Kier alpha value is -1.34. The third kappa shape index (κ3) is 2.12. The number of hydrogen-bond donors (Lipinski definition) is 2. The van der Waals surface area contributed by atoms with Gasteiger partial charge in [-0.15, -0.1) is 0 Å². The minimum Gasteiger partial charge on any atom is -0.368 e. The Balaban J connectivity index is 2.25. The van der Waals surface area contributed by atoms with E-state index in [-0.39, 0.29) is 11.2 Å². The van der Waals surface area contributed by atoms with Crippen LogP contribution in [0, 0.1) is 0 Å². The van der Waals surface area contributed by atoms with E-state index in [1.807, 2.05) is 0 Å². The first-order valence-corrected chi connectivity index (χ1v) is 4.78. The Labute approximate surface area is 88.3 Å². The summed E-state index contributed by atoms with van der Waals surface area (Å²) in [5.74, 6) is 0.0963. The molecule has 0 saturated heterocycles. The van der Waals surface area contributed by atoms with Crippen LogP contribution >= 0.6 is 23.4 Å². The molecule has 6 nitrogen and oxygen atoms in total. The van der Waals surface area contributed by atoms with Gasteiger partial charge in [0.2, 0.25) is 16.4 Å². The van der Waals surface area contributed by atoms with Crippen LogP contribution in [0.25, 0.3) is 0 Å². The zero-order valence-corrected chi connectivity index (χ0v) is 8.38. The number of hydrogen-bond acceptors (Lipinski definition) is 6. The predicted molar refractivity (Wildman–Crippen MR) is 52.0 cm³/mol. The van der Waals surface area contributed by atoms with Gasteiger partial charge in [-0.25, -0.2) is 4.98 Å². The number of anilines is 1. The van der Waals surface area contributed by atoms with Crippen molar-refractivity contribution in [3.8, 4) is 0 Å². The Bertz CT molecular complexity index is 410. The van der Waals surface area contributed by atoms with E-state index in [2.05, 4.69) is 24.9 Å². The van der Waals surface area contributed by atoms with E-state index in [9.17, 15) is 0 Å². The number of nitrogens with one attached hydrogen (secondary N) is 1. The van der Waals surface area contributed by atoms with E-state index in [0.29, 0.717) is 10.3 Å². The minimum atomic E-state index is 0.0755. The summed E-state index contributed by atoms with van der Waals surface area (Å²) in [7, 11) is 0. The lowest BCUT2D eigenvalue weighted by Gasteiger charge is -1.97. The molecule has 0 aromatic carbocycles. The lowest BCUT2D eigenvalue weighted by Crippen LogP contribution is -1.99. The minimum absolute atomic E-state index is 0.0755. The number of nitrogens with two attached hydrogens (primary N) is 1.